The van der Waals surface area contributed by atoms with E-state index in [9.17, 15) is 15.0 Å². The normalized spacial score (nSPS) is 29.2. The van der Waals surface area contributed by atoms with Gasteiger partial charge in [-0.05, 0) is 26.3 Å². The zero-order valence-electron chi connectivity index (χ0n) is 12.7. The van der Waals surface area contributed by atoms with Crippen LogP contribution in [0.1, 0.15) is 39.2 Å². The van der Waals surface area contributed by atoms with Crippen molar-refractivity contribution in [2.45, 2.75) is 57.0 Å². The van der Waals surface area contributed by atoms with Crippen LogP contribution in [0.25, 0.3) is 0 Å². The number of carbonyl (C=O) groups is 1. The van der Waals surface area contributed by atoms with Gasteiger partial charge >= 0.3 is 6.09 Å². The second-order valence-corrected chi connectivity index (χ2v) is 6.62. The van der Waals surface area contributed by atoms with E-state index in [0.29, 0.717) is 0 Å². The lowest BCUT2D eigenvalue weighted by molar-refractivity contribution is 0.0438. The van der Waals surface area contributed by atoms with Crippen LogP contribution in [0, 0.1) is 0 Å². The molecule has 0 aromatic heterocycles. The fourth-order valence-corrected chi connectivity index (χ4v) is 2.74. The zero-order chi connectivity index (χ0) is 15.7. The van der Waals surface area contributed by atoms with Gasteiger partial charge in [-0.25, -0.2) is 4.79 Å². The van der Waals surface area contributed by atoms with E-state index in [1.54, 1.807) is 20.8 Å². The fourth-order valence-electron chi connectivity index (χ4n) is 2.74. The van der Waals surface area contributed by atoms with Gasteiger partial charge in [0.05, 0.1) is 17.7 Å². The number of hydrogen-bond acceptors (Lipinski definition) is 4. The van der Waals surface area contributed by atoms with Gasteiger partial charge in [0, 0.05) is 12.8 Å². The van der Waals surface area contributed by atoms with Crippen molar-refractivity contribution < 1.29 is 19.7 Å². The summed E-state index contributed by atoms with van der Waals surface area (Å²) < 4.78 is 5.30. The van der Waals surface area contributed by atoms with Gasteiger partial charge in [0.25, 0.3) is 0 Å². The monoisotopic (exact) mass is 293 g/mol. The molecule has 3 atom stereocenters. The molecule has 0 radical (unpaired) electrons. The number of ether oxygens (including phenoxy) is 1. The number of nitrogens with one attached hydrogen (secondary N) is 1. The van der Waals surface area contributed by atoms with Crippen LogP contribution in [0.5, 0.6) is 0 Å². The van der Waals surface area contributed by atoms with Crippen LogP contribution in [0.2, 0.25) is 0 Å². The van der Waals surface area contributed by atoms with Crippen LogP contribution in [-0.2, 0) is 10.3 Å². The second kappa shape index (κ2) is 5.66. The summed E-state index contributed by atoms with van der Waals surface area (Å²) in [4.78, 5) is 12.1. The lowest BCUT2D eigenvalue weighted by Gasteiger charge is -2.32. The lowest BCUT2D eigenvalue weighted by atomic mass is 9.88. The number of carbonyl (C=O) groups excluding carboxylic acids is 1. The minimum Gasteiger partial charge on any atom is -0.444 e. The molecule has 1 aromatic carbocycles. The van der Waals surface area contributed by atoms with Crippen molar-refractivity contribution in [3.05, 3.63) is 35.9 Å². The third-order valence-corrected chi connectivity index (χ3v) is 3.63. The van der Waals surface area contributed by atoms with E-state index in [1.165, 1.54) is 0 Å². The van der Waals surface area contributed by atoms with E-state index in [2.05, 4.69) is 5.32 Å². The Kier molecular flexibility index (Phi) is 4.25. The van der Waals surface area contributed by atoms with Crippen molar-refractivity contribution in [1.82, 2.24) is 5.32 Å². The van der Waals surface area contributed by atoms with Gasteiger partial charge in [-0.3, -0.25) is 0 Å². The Morgan fingerprint density at radius 3 is 2.19 bits per heavy atom. The van der Waals surface area contributed by atoms with Crippen LogP contribution >= 0.6 is 0 Å². The SMILES string of the molecule is CC(C)(C)OC(=O)NC1(c2ccccc2)C[C@@H](O)[C@@H](O)C1. The Balaban J connectivity index is 2.24. The smallest absolute Gasteiger partial charge is 0.408 e. The van der Waals surface area contributed by atoms with Gasteiger partial charge in [-0.2, -0.15) is 0 Å². The van der Waals surface area contributed by atoms with E-state index in [0.717, 1.165) is 5.56 Å². The maximum Gasteiger partial charge on any atom is 0.408 e. The Morgan fingerprint density at radius 1 is 1.19 bits per heavy atom. The Hall–Kier alpha value is -1.59. The molecule has 0 aliphatic heterocycles. The molecule has 0 spiro atoms. The minimum atomic E-state index is -0.861. The van der Waals surface area contributed by atoms with Crippen molar-refractivity contribution >= 4 is 6.09 Å². The molecule has 1 unspecified atom stereocenters. The molecule has 5 nitrogen and oxygen atoms in total. The zero-order valence-corrected chi connectivity index (χ0v) is 12.7. The number of aliphatic hydroxyl groups is 2. The third-order valence-electron chi connectivity index (χ3n) is 3.63. The molecule has 21 heavy (non-hydrogen) atoms. The average Bonchev–Trinajstić information content (AvgIpc) is 2.64. The van der Waals surface area contributed by atoms with Crippen molar-refractivity contribution in [2.24, 2.45) is 0 Å². The summed E-state index contributed by atoms with van der Waals surface area (Å²) in [6.07, 6.45) is -1.75. The predicted molar refractivity (Wildman–Crippen MR) is 78.7 cm³/mol. The number of rotatable bonds is 2. The Morgan fingerprint density at radius 2 is 1.71 bits per heavy atom. The molecule has 1 fully saturated rings. The van der Waals surface area contributed by atoms with Gasteiger partial charge in [-0.15, -0.1) is 0 Å². The molecule has 0 bridgehead atoms. The molecular formula is C16H23NO4. The number of amides is 1. The van der Waals surface area contributed by atoms with Crippen molar-refractivity contribution in [3.63, 3.8) is 0 Å². The molecule has 2 rings (SSSR count). The van der Waals surface area contributed by atoms with Gasteiger partial charge in [0.2, 0.25) is 0 Å². The van der Waals surface area contributed by atoms with Gasteiger partial charge in [0.1, 0.15) is 5.60 Å². The van der Waals surface area contributed by atoms with Crippen LogP contribution in [-0.4, -0.2) is 34.1 Å². The van der Waals surface area contributed by atoms with E-state index in [1.807, 2.05) is 30.3 Å². The summed E-state index contributed by atoms with van der Waals surface area (Å²) in [5, 5.41) is 22.6. The molecule has 0 heterocycles. The summed E-state index contributed by atoms with van der Waals surface area (Å²) in [6.45, 7) is 5.38. The van der Waals surface area contributed by atoms with E-state index >= 15 is 0 Å². The first-order valence-corrected chi connectivity index (χ1v) is 7.15. The Bertz CT molecular complexity index is 485. The van der Waals surface area contributed by atoms with Crippen molar-refractivity contribution in [1.29, 1.82) is 0 Å². The van der Waals surface area contributed by atoms with Crippen molar-refractivity contribution in [2.75, 3.05) is 0 Å². The first kappa shape index (κ1) is 15.8. The minimum absolute atomic E-state index is 0.261. The highest BCUT2D eigenvalue weighted by atomic mass is 16.6. The highest BCUT2D eigenvalue weighted by Crippen LogP contribution is 2.39. The van der Waals surface area contributed by atoms with Crippen LogP contribution in [0.3, 0.4) is 0 Å². The molecular weight excluding hydrogens is 270 g/mol. The third kappa shape index (κ3) is 3.74. The van der Waals surface area contributed by atoms with Gasteiger partial charge in [-0.1, -0.05) is 30.3 Å². The molecule has 116 valence electrons. The lowest BCUT2D eigenvalue weighted by Crippen LogP contribution is -2.46. The quantitative estimate of drug-likeness (QED) is 0.778. The maximum atomic E-state index is 12.1. The molecule has 0 saturated heterocycles. The fraction of sp³-hybridized carbons (Fsp3) is 0.562. The van der Waals surface area contributed by atoms with E-state index in [4.69, 9.17) is 4.74 Å². The molecule has 1 amide bonds. The molecule has 5 heteroatoms. The highest BCUT2D eigenvalue weighted by Gasteiger charge is 2.47. The summed E-state index contributed by atoms with van der Waals surface area (Å²) in [7, 11) is 0. The van der Waals surface area contributed by atoms with Gasteiger partial charge in [0.15, 0.2) is 0 Å². The molecule has 1 aliphatic rings. The molecule has 1 aromatic rings. The maximum absolute atomic E-state index is 12.1. The van der Waals surface area contributed by atoms with Crippen molar-refractivity contribution in [3.8, 4) is 0 Å². The number of aliphatic hydroxyl groups excluding tert-OH is 2. The molecule has 1 saturated carbocycles. The summed E-state index contributed by atoms with van der Waals surface area (Å²) in [5.74, 6) is 0. The number of hydrogen-bond donors (Lipinski definition) is 3. The summed E-state index contributed by atoms with van der Waals surface area (Å²) in [6, 6.07) is 9.37. The second-order valence-electron chi connectivity index (χ2n) is 6.62. The van der Waals surface area contributed by atoms with Crippen LogP contribution in [0.15, 0.2) is 30.3 Å². The molecule has 1 aliphatic carbocycles. The van der Waals surface area contributed by atoms with Gasteiger partial charge < -0.3 is 20.3 Å². The summed E-state index contributed by atoms with van der Waals surface area (Å²) in [5.41, 5.74) is -0.549. The summed E-state index contributed by atoms with van der Waals surface area (Å²) >= 11 is 0. The molecule has 3 N–H and O–H groups in total. The highest BCUT2D eigenvalue weighted by molar-refractivity contribution is 5.69. The van der Waals surface area contributed by atoms with E-state index in [-0.39, 0.29) is 12.8 Å². The van der Waals surface area contributed by atoms with E-state index < -0.39 is 29.4 Å². The number of alkyl carbamates (subject to hydrolysis) is 1. The largest absolute Gasteiger partial charge is 0.444 e. The van der Waals surface area contributed by atoms with Crippen LogP contribution < -0.4 is 5.32 Å². The Labute approximate surface area is 124 Å². The van der Waals surface area contributed by atoms with Crippen LogP contribution in [0.4, 0.5) is 4.79 Å². The standard InChI is InChI=1S/C16H23NO4/c1-15(2,3)21-14(20)17-16(9-12(18)13(19)10-16)11-7-5-4-6-8-11/h4-8,12-13,18-19H,9-10H2,1-3H3,(H,17,20)/t12-,13+,16?. The first-order chi connectivity index (χ1) is 9.72. The average molecular weight is 293 g/mol. The topological polar surface area (TPSA) is 78.8 Å². The first-order valence-electron chi connectivity index (χ1n) is 7.15. The number of benzene rings is 1. The predicted octanol–water partition coefficient (Wildman–Crippen LogP) is 1.92.